The maximum atomic E-state index is 2.48. The Balaban J connectivity index is 0.000000176. The molecule has 0 N–H and O–H groups in total. The third-order valence-corrected chi connectivity index (χ3v) is 15.3. The monoisotopic (exact) mass is 923 g/mol. The maximum Gasteiger partial charge on any atom is 0.0534 e. The van der Waals surface area contributed by atoms with E-state index in [0.29, 0.717) is 0 Å². The van der Waals surface area contributed by atoms with E-state index >= 15 is 0 Å². The summed E-state index contributed by atoms with van der Waals surface area (Å²) >= 11 is 0. The molecule has 1 heterocycles. The van der Waals surface area contributed by atoms with E-state index in [-0.39, 0.29) is 5.41 Å². The molecule has 71 heavy (non-hydrogen) atoms. The highest BCUT2D eigenvalue weighted by Gasteiger charge is 2.35. The van der Waals surface area contributed by atoms with E-state index < -0.39 is 0 Å². The van der Waals surface area contributed by atoms with Crippen LogP contribution in [0.5, 0.6) is 0 Å². The summed E-state index contributed by atoms with van der Waals surface area (Å²) in [6.07, 6.45) is 18.1. The molecular formula is C69H66N2. The Kier molecular flexibility index (Phi) is 13.2. The Hall–Kier alpha value is -7.68. The van der Waals surface area contributed by atoms with E-state index in [9.17, 15) is 0 Å². The van der Waals surface area contributed by atoms with Crippen LogP contribution in [0, 0.1) is 13.8 Å². The molecule has 2 aliphatic rings. The fourth-order valence-corrected chi connectivity index (χ4v) is 11.2. The normalized spacial score (nSPS) is 14.1. The fraction of sp³-hybridized carbons (Fsp3) is 0.188. The highest BCUT2D eigenvalue weighted by atomic mass is 15.1. The Morgan fingerprint density at radius 2 is 1.20 bits per heavy atom. The van der Waals surface area contributed by atoms with Crippen LogP contribution < -0.4 is 4.90 Å². The summed E-state index contributed by atoms with van der Waals surface area (Å²) in [5.41, 5.74) is 22.4. The van der Waals surface area contributed by atoms with Crippen LogP contribution in [-0.2, 0) is 11.8 Å². The van der Waals surface area contributed by atoms with Gasteiger partial charge >= 0.3 is 0 Å². The number of anilines is 1. The van der Waals surface area contributed by atoms with Crippen LogP contribution >= 0.6 is 0 Å². The third kappa shape index (κ3) is 8.82. The maximum absolute atomic E-state index is 2.48. The predicted octanol–water partition coefficient (Wildman–Crippen LogP) is 19.1. The molecule has 0 bridgehead atoms. The molecule has 2 nitrogen and oxygen atoms in total. The summed E-state index contributed by atoms with van der Waals surface area (Å²) in [5.74, 6) is 0. The van der Waals surface area contributed by atoms with E-state index in [1.165, 1.54) is 135 Å². The second kappa shape index (κ2) is 20.0. The van der Waals surface area contributed by atoms with E-state index in [1.54, 1.807) is 0 Å². The SMILES string of the molecule is C/C=C\C1=C(C)C(C)(C)c2cc(-c3c4ccccc4c(-c4ccc(-c5ccccc5)cc4)c4ccc(C)cc34)ccc21.CCCCc1c(C)c2ccccc2n1C1=CCC=C(N(C)c2ccccc2)C=C1. The van der Waals surface area contributed by atoms with Crippen LogP contribution in [0.25, 0.3) is 77.1 Å². The van der Waals surface area contributed by atoms with E-state index in [1.807, 2.05) is 0 Å². The summed E-state index contributed by atoms with van der Waals surface area (Å²) in [7, 11) is 2.14. The third-order valence-electron chi connectivity index (χ3n) is 15.3. The first-order chi connectivity index (χ1) is 34.6. The topological polar surface area (TPSA) is 8.17 Å². The molecule has 0 fully saturated rings. The molecule has 352 valence electrons. The first-order valence-corrected chi connectivity index (χ1v) is 25.7. The number of aryl methyl sites for hydroxylation is 2. The van der Waals surface area contributed by atoms with Crippen molar-refractivity contribution in [3.8, 4) is 33.4 Å². The van der Waals surface area contributed by atoms with Crippen LogP contribution in [0.3, 0.4) is 0 Å². The number of unbranched alkanes of at least 4 members (excludes halogenated alkanes) is 1. The molecule has 0 aliphatic heterocycles. The zero-order valence-corrected chi connectivity index (χ0v) is 42.9. The number of allylic oxidation sites excluding steroid dienone is 9. The van der Waals surface area contributed by atoms with Crippen LogP contribution in [0.1, 0.15) is 81.8 Å². The lowest BCUT2D eigenvalue weighted by Gasteiger charge is -2.24. The van der Waals surface area contributed by atoms with Gasteiger partial charge in [0.2, 0.25) is 0 Å². The molecule has 0 saturated heterocycles. The van der Waals surface area contributed by atoms with Crippen LogP contribution in [0.4, 0.5) is 5.69 Å². The number of benzene rings is 8. The van der Waals surface area contributed by atoms with Gasteiger partial charge in [0.25, 0.3) is 0 Å². The smallest absolute Gasteiger partial charge is 0.0534 e. The lowest BCUT2D eigenvalue weighted by Crippen LogP contribution is -2.15. The molecule has 0 unspecified atom stereocenters. The minimum atomic E-state index is -0.0118. The second-order valence-corrected chi connectivity index (χ2v) is 20.0. The Morgan fingerprint density at radius 3 is 1.90 bits per heavy atom. The molecule has 11 rings (SSSR count). The van der Waals surface area contributed by atoms with Gasteiger partial charge in [0.05, 0.1) is 5.52 Å². The number of fused-ring (bicyclic) bond motifs is 4. The van der Waals surface area contributed by atoms with Gasteiger partial charge in [0, 0.05) is 40.6 Å². The highest BCUT2D eigenvalue weighted by Crippen LogP contribution is 2.50. The summed E-state index contributed by atoms with van der Waals surface area (Å²) < 4.78 is 2.48. The molecule has 9 aromatic rings. The first-order valence-electron chi connectivity index (χ1n) is 25.7. The van der Waals surface area contributed by atoms with Gasteiger partial charge in [-0.15, -0.1) is 0 Å². The average Bonchev–Trinajstić information content (AvgIpc) is 3.61. The van der Waals surface area contributed by atoms with Crippen LogP contribution in [0.2, 0.25) is 0 Å². The molecule has 2 aliphatic carbocycles. The van der Waals surface area contributed by atoms with Crippen molar-refractivity contribution < 1.29 is 0 Å². The number of para-hydroxylation sites is 2. The van der Waals surface area contributed by atoms with Crippen LogP contribution in [-0.4, -0.2) is 11.6 Å². The van der Waals surface area contributed by atoms with Gasteiger partial charge < -0.3 is 9.47 Å². The van der Waals surface area contributed by atoms with Crippen LogP contribution in [0.15, 0.2) is 218 Å². The van der Waals surface area contributed by atoms with Crippen molar-refractivity contribution in [1.29, 1.82) is 0 Å². The predicted molar refractivity (Wildman–Crippen MR) is 309 cm³/mol. The molecule has 2 heteroatoms. The van der Waals surface area contributed by atoms with Gasteiger partial charge in [-0.3, -0.25) is 0 Å². The minimum absolute atomic E-state index is 0.0118. The Morgan fingerprint density at radius 1 is 0.592 bits per heavy atom. The molecule has 0 amide bonds. The van der Waals surface area contributed by atoms with Crippen molar-refractivity contribution in [2.24, 2.45) is 0 Å². The van der Waals surface area contributed by atoms with Crippen molar-refractivity contribution in [2.75, 3.05) is 11.9 Å². The quantitative estimate of drug-likeness (QED) is 0.124. The largest absolute Gasteiger partial charge is 0.345 e. The average molecular weight is 923 g/mol. The van der Waals surface area contributed by atoms with Gasteiger partial charge in [0.1, 0.15) is 0 Å². The number of hydrogen-bond acceptors (Lipinski definition) is 1. The van der Waals surface area contributed by atoms with Crippen molar-refractivity contribution in [1.82, 2.24) is 4.57 Å². The standard InChI is InChI=1S/C42H36.C27H30N2/c1-6-12-33-28(3)42(4,5)39-26-32(22-24-34(33)39)41-36-16-11-10-15-35(36)40(37-23-17-27(2)25-38(37)41)31-20-18-30(19-21-31)29-13-8-7-9-14-29;1-4-5-17-26-21(2)25-16-9-10-18-27(25)29(26)24-15-11-14-23(19-20-24)28(3)22-12-7-6-8-13-22/h6-26H,1-5H3;6-10,12-16,18-20H,4-5,11,17H2,1-3H3/b12-6-;. The van der Waals surface area contributed by atoms with E-state index in [4.69, 9.17) is 0 Å². The zero-order valence-electron chi connectivity index (χ0n) is 42.9. The van der Waals surface area contributed by atoms with Crippen molar-refractivity contribution in [2.45, 2.75) is 79.6 Å². The van der Waals surface area contributed by atoms with Gasteiger partial charge in [-0.2, -0.15) is 0 Å². The van der Waals surface area contributed by atoms with E-state index in [0.717, 1.165) is 12.8 Å². The Bertz CT molecular complexity index is 3590. The summed E-state index contributed by atoms with van der Waals surface area (Å²) in [4.78, 5) is 2.25. The molecule has 0 saturated carbocycles. The molecular weight excluding hydrogens is 857 g/mol. The lowest BCUT2D eigenvalue weighted by molar-refractivity contribution is 0.639. The number of rotatable bonds is 10. The van der Waals surface area contributed by atoms with E-state index in [2.05, 4.69) is 271 Å². The molecule has 1 aromatic heterocycles. The zero-order chi connectivity index (χ0) is 49.2. The molecule has 8 aromatic carbocycles. The van der Waals surface area contributed by atoms with Gasteiger partial charge in [-0.05, 0) is 161 Å². The number of hydrogen-bond donors (Lipinski definition) is 0. The highest BCUT2D eigenvalue weighted by molar-refractivity contribution is 6.21. The minimum Gasteiger partial charge on any atom is -0.345 e. The fourth-order valence-electron chi connectivity index (χ4n) is 11.2. The summed E-state index contributed by atoms with van der Waals surface area (Å²) in [6.45, 7) is 15.9. The van der Waals surface area contributed by atoms with Crippen molar-refractivity contribution in [3.05, 3.63) is 246 Å². The first kappa shape index (κ1) is 47.0. The second-order valence-electron chi connectivity index (χ2n) is 20.0. The van der Waals surface area contributed by atoms with Gasteiger partial charge in [-0.1, -0.05) is 208 Å². The van der Waals surface area contributed by atoms with Gasteiger partial charge in [-0.25, -0.2) is 0 Å². The summed E-state index contributed by atoms with van der Waals surface area (Å²) in [5, 5.41) is 6.56. The molecule has 0 spiro atoms. The Labute approximate surface area is 422 Å². The van der Waals surface area contributed by atoms with Crippen molar-refractivity contribution >= 4 is 49.4 Å². The number of likely N-dealkylation sites (N-methyl/N-ethyl adjacent to an activating group) is 1. The van der Waals surface area contributed by atoms with Gasteiger partial charge in [0.15, 0.2) is 0 Å². The summed E-state index contributed by atoms with van der Waals surface area (Å²) in [6, 6.07) is 62.1. The molecule has 0 atom stereocenters. The molecule has 0 radical (unpaired) electrons. The number of nitrogens with zero attached hydrogens (tertiary/aromatic N) is 2. The van der Waals surface area contributed by atoms with Crippen molar-refractivity contribution in [3.63, 3.8) is 0 Å². The lowest BCUT2D eigenvalue weighted by atomic mass is 9.80. The number of aromatic nitrogens is 1.